The standard InChI is InChI=1S/C18H26O3/c1-13-14(2)18(10-9-17(13)15(3)19)20-11-7-5-4-6-8-16-12-21-16/h9-10,16H,4-8,11-12H2,1-3H3. The minimum atomic E-state index is 0.113. The van der Waals surface area contributed by atoms with Crippen LogP contribution in [-0.2, 0) is 4.74 Å². The number of ketones is 1. The average molecular weight is 290 g/mol. The largest absolute Gasteiger partial charge is 0.493 e. The molecule has 3 nitrogen and oxygen atoms in total. The monoisotopic (exact) mass is 290 g/mol. The summed E-state index contributed by atoms with van der Waals surface area (Å²) in [6.45, 7) is 7.33. The third-order valence-corrected chi connectivity index (χ3v) is 4.20. The first-order valence-corrected chi connectivity index (χ1v) is 7.95. The van der Waals surface area contributed by atoms with Gasteiger partial charge in [0.05, 0.1) is 19.3 Å². The Kier molecular flexibility index (Phi) is 5.80. The molecule has 1 atom stereocenters. The van der Waals surface area contributed by atoms with Crippen molar-refractivity contribution < 1.29 is 14.3 Å². The Bertz CT molecular complexity index is 489. The lowest BCUT2D eigenvalue weighted by molar-refractivity contribution is 0.101. The normalized spacial score (nSPS) is 16.8. The maximum Gasteiger partial charge on any atom is 0.160 e. The van der Waals surface area contributed by atoms with Crippen LogP contribution in [0.5, 0.6) is 5.75 Å². The Morgan fingerprint density at radius 2 is 1.90 bits per heavy atom. The molecule has 0 bridgehead atoms. The van der Waals surface area contributed by atoms with Crippen molar-refractivity contribution in [3.8, 4) is 5.75 Å². The van der Waals surface area contributed by atoms with Crippen molar-refractivity contribution in [2.24, 2.45) is 0 Å². The Labute approximate surface area is 127 Å². The molecule has 0 amide bonds. The molecule has 0 radical (unpaired) electrons. The molecule has 1 saturated heterocycles. The highest BCUT2D eigenvalue weighted by Gasteiger charge is 2.20. The first-order valence-electron chi connectivity index (χ1n) is 7.95. The van der Waals surface area contributed by atoms with Crippen molar-refractivity contribution in [3.63, 3.8) is 0 Å². The number of hydrogen-bond acceptors (Lipinski definition) is 3. The van der Waals surface area contributed by atoms with Gasteiger partial charge in [-0.25, -0.2) is 0 Å². The van der Waals surface area contributed by atoms with Crippen LogP contribution in [0.15, 0.2) is 12.1 Å². The third-order valence-electron chi connectivity index (χ3n) is 4.20. The van der Waals surface area contributed by atoms with Crippen molar-refractivity contribution in [1.82, 2.24) is 0 Å². The van der Waals surface area contributed by atoms with E-state index in [2.05, 4.69) is 0 Å². The molecule has 21 heavy (non-hydrogen) atoms. The number of ether oxygens (including phenoxy) is 2. The summed E-state index contributed by atoms with van der Waals surface area (Å²) >= 11 is 0. The maximum atomic E-state index is 11.5. The summed E-state index contributed by atoms with van der Waals surface area (Å²) in [5.74, 6) is 1.02. The van der Waals surface area contributed by atoms with Gasteiger partial charge < -0.3 is 9.47 Å². The molecule has 0 saturated carbocycles. The molecule has 3 heteroatoms. The quantitative estimate of drug-likeness (QED) is 0.388. The van der Waals surface area contributed by atoms with Gasteiger partial charge in [-0.1, -0.05) is 19.3 Å². The number of epoxide rings is 1. The van der Waals surface area contributed by atoms with E-state index in [1.165, 1.54) is 25.7 Å². The van der Waals surface area contributed by atoms with Gasteiger partial charge in [-0.3, -0.25) is 4.79 Å². The van der Waals surface area contributed by atoms with Crippen LogP contribution in [0.25, 0.3) is 0 Å². The van der Waals surface area contributed by atoms with E-state index >= 15 is 0 Å². The first-order chi connectivity index (χ1) is 10.1. The average Bonchev–Trinajstić information content (AvgIpc) is 3.26. The van der Waals surface area contributed by atoms with E-state index < -0.39 is 0 Å². The van der Waals surface area contributed by atoms with Gasteiger partial charge in [0.15, 0.2) is 5.78 Å². The van der Waals surface area contributed by atoms with Crippen molar-refractivity contribution in [2.45, 2.75) is 59.0 Å². The highest BCUT2D eigenvalue weighted by Crippen LogP contribution is 2.25. The molecule has 1 aliphatic heterocycles. The Hall–Kier alpha value is -1.35. The predicted molar refractivity (Wildman–Crippen MR) is 84.2 cm³/mol. The van der Waals surface area contributed by atoms with E-state index in [-0.39, 0.29) is 5.78 Å². The maximum absolute atomic E-state index is 11.5. The molecule has 0 aliphatic carbocycles. The van der Waals surface area contributed by atoms with E-state index in [1.54, 1.807) is 6.92 Å². The summed E-state index contributed by atoms with van der Waals surface area (Å²) in [5.41, 5.74) is 2.90. The van der Waals surface area contributed by atoms with Crippen LogP contribution >= 0.6 is 0 Å². The second-order valence-corrected chi connectivity index (χ2v) is 5.92. The number of Topliss-reactive ketones (excluding diaryl/α,β-unsaturated/α-hetero) is 1. The minimum absolute atomic E-state index is 0.113. The van der Waals surface area contributed by atoms with Gasteiger partial charge in [0.1, 0.15) is 5.75 Å². The van der Waals surface area contributed by atoms with E-state index in [1.807, 2.05) is 26.0 Å². The number of unbranched alkanes of at least 4 members (excludes halogenated alkanes) is 3. The Morgan fingerprint density at radius 1 is 1.19 bits per heavy atom. The molecule has 1 aliphatic rings. The van der Waals surface area contributed by atoms with Gasteiger partial charge in [0.2, 0.25) is 0 Å². The summed E-state index contributed by atoms with van der Waals surface area (Å²) in [5, 5.41) is 0. The fraction of sp³-hybridized carbons (Fsp3) is 0.611. The summed E-state index contributed by atoms with van der Waals surface area (Å²) in [6.07, 6.45) is 6.58. The van der Waals surface area contributed by atoms with Crippen molar-refractivity contribution in [3.05, 3.63) is 28.8 Å². The van der Waals surface area contributed by atoms with Gasteiger partial charge in [0, 0.05) is 5.56 Å². The zero-order valence-electron chi connectivity index (χ0n) is 13.4. The second kappa shape index (κ2) is 7.60. The summed E-state index contributed by atoms with van der Waals surface area (Å²) < 4.78 is 11.1. The van der Waals surface area contributed by atoms with Crippen LogP contribution in [0.1, 0.15) is 60.5 Å². The van der Waals surface area contributed by atoms with Gasteiger partial charge in [0.25, 0.3) is 0 Å². The Morgan fingerprint density at radius 3 is 2.57 bits per heavy atom. The number of carbonyl (C=O) groups excluding carboxylic acids is 1. The molecule has 0 N–H and O–H groups in total. The molecule has 1 heterocycles. The van der Waals surface area contributed by atoms with Crippen molar-refractivity contribution in [2.75, 3.05) is 13.2 Å². The summed E-state index contributed by atoms with van der Waals surface area (Å²) in [4.78, 5) is 11.5. The molecule has 1 aromatic rings. The van der Waals surface area contributed by atoms with Gasteiger partial charge in [-0.15, -0.1) is 0 Å². The van der Waals surface area contributed by atoms with Crippen LogP contribution < -0.4 is 4.74 Å². The number of rotatable bonds is 9. The SMILES string of the molecule is CC(=O)c1ccc(OCCCCCCC2CO2)c(C)c1C. The van der Waals surface area contributed by atoms with Gasteiger partial charge >= 0.3 is 0 Å². The highest BCUT2D eigenvalue weighted by molar-refractivity contribution is 5.96. The van der Waals surface area contributed by atoms with Crippen LogP contribution in [0.3, 0.4) is 0 Å². The van der Waals surface area contributed by atoms with Crippen LogP contribution in [0, 0.1) is 13.8 Å². The number of hydrogen-bond donors (Lipinski definition) is 0. The molecule has 1 aromatic carbocycles. The van der Waals surface area contributed by atoms with Crippen molar-refractivity contribution in [1.29, 1.82) is 0 Å². The molecule has 0 spiro atoms. The second-order valence-electron chi connectivity index (χ2n) is 5.92. The molecule has 2 rings (SSSR count). The molecule has 1 unspecified atom stereocenters. The topological polar surface area (TPSA) is 38.8 Å². The van der Waals surface area contributed by atoms with Gasteiger partial charge in [-0.2, -0.15) is 0 Å². The summed E-state index contributed by atoms with van der Waals surface area (Å²) in [7, 11) is 0. The van der Waals surface area contributed by atoms with E-state index in [0.717, 1.165) is 42.1 Å². The highest BCUT2D eigenvalue weighted by atomic mass is 16.6. The van der Waals surface area contributed by atoms with E-state index in [9.17, 15) is 4.79 Å². The lowest BCUT2D eigenvalue weighted by atomic mass is 10.00. The lowest BCUT2D eigenvalue weighted by Crippen LogP contribution is -2.03. The zero-order valence-corrected chi connectivity index (χ0v) is 13.4. The fourth-order valence-electron chi connectivity index (χ4n) is 2.58. The fourth-order valence-corrected chi connectivity index (χ4v) is 2.58. The Balaban J connectivity index is 1.70. The van der Waals surface area contributed by atoms with Crippen LogP contribution in [-0.4, -0.2) is 25.1 Å². The zero-order chi connectivity index (χ0) is 15.2. The smallest absolute Gasteiger partial charge is 0.160 e. The summed E-state index contributed by atoms with van der Waals surface area (Å²) in [6, 6.07) is 3.79. The van der Waals surface area contributed by atoms with Crippen molar-refractivity contribution >= 4 is 5.78 Å². The molecular weight excluding hydrogens is 264 g/mol. The molecular formula is C18H26O3. The lowest BCUT2D eigenvalue weighted by Gasteiger charge is -2.13. The third kappa shape index (κ3) is 4.85. The first kappa shape index (κ1) is 16.0. The minimum Gasteiger partial charge on any atom is -0.493 e. The van der Waals surface area contributed by atoms with Crippen LogP contribution in [0.4, 0.5) is 0 Å². The van der Waals surface area contributed by atoms with E-state index in [4.69, 9.17) is 9.47 Å². The number of benzene rings is 1. The predicted octanol–water partition coefficient (Wildman–Crippen LogP) is 4.23. The molecule has 116 valence electrons. The van der Waals surface area contributed by atoms with Crippen LogP contribution in [0.2, 0.25) is 0 Å². The van der Waals surface area contributed by atoms with E-state index in [0.29, 0.717) is 6.10 Å². The molecule has 0 aromatic heterocycles. The van der Waals surface area contributed by atoms with Gasteiger partial charge in [-0.05, 0) is 56.9 Å². The number of carbonyl (C=O) groups is 1. The molecule has 1 fully saturated rings.